The maximum absolute atomic E-state index is 12.6. The Balaban J connectivity index is 2.12. The van der Waals surface area contributed by atoms with Crippen LogP contribution in [0.5, 0.6) is 0 Å². The van der Waals surface area contributed by atoms with Crippen molar-refractivity contribution >= 4 is 38.5 Å². The van der Waals surface area contributed by atoms with Gasteiger partial charge in [0.2, 0.25) is 0 Å². The fourth-order valence-electron chi connectivity index (χ4n) is 2.21. The predicted molar refractivity (Wildman–Crippen MR) is 85.5 cm³/mol. The normalized spacial score (nSPS) is 11.8. The Hall–Kier alpha value is -2.12. The number of halogens is 1. The van der Waals surface area contributed by atoms with E-state index in [9.17, 15) is 8.42 Å². The highest BCUT2D eigenvalue weighted by atomic mass is 35.5. The molecular weight excluding hydrogens is 324 g/mol. The van der Waals surface area contributed by atoms with Crippen molar-refractivity contribution in [2.45, 2.75) is 11.8 Å². The number of nitrogens with zero attached hydrogens (tertiary/aromatic N) is 3. The molecule has 0 spiro atoms. The van der Waals surface area contributed by atoms with Gasteiger partial charge in [0, 0.05) is 13.1 Å². The van der Waals surface area contributed by atoms with Gasteiger partial charge in [-0.25, -0.2) is 18.4 Å². The molecule has 2 heterocycles. The van der Waals surface area contributed by atoms with Gasteiger partial charge >= 0.3 is 0 Å². The third-order valence-electron chi connectivity index (χ3n) is 3.30. The Bertz CT molecular complexity index is 966. The molecule has 3 aromatic rings. The number of hydrogen-bond acceptors (Lipinski definition) is 4. The number of benzene rings is 1. The smallest absolute Gasteiger partial charge is 0.263 e. The fraction of sp³-hybridized carbons (Fsp3) is 0.143. The van der Waals surface area contributed by atoms with Crippen LogP contribution in [0.3, 0.4) is 0 Å². The van der Waals surface area contributed by atoms with Gasteiger partial charge in [-0.3, -0.25) is 4.72 Å². The van der Waals surface area contributed by atoms with Crippen LogP contribution in [-0.2, 0) is 17.1 Å². The molecule has 0 saturated carbocycles. The zero-order valence-electron chi connectivity index (χ0n) is 11.9. The Morgan fingerprint density at radius 2 is 2.00 bits per heavy atom. The van der Waals surface area contributed by atoms with Crippen molar-refractivity contribution in [3.8, 4) is 0 Å². The summed E-state index contributed by atoms with van der Waals surface area (Å²) in [6, 6.07) is 8.36. The molecule has 114 valence electrons. The quantitative estimate of drug-likeness (QED) is 0.746. The lowest BCUT2D eigenvalue weighted by Crippen LogP contribution is -2.15. The molecule has 0 aliphatic heterocycles. The van der Waals surface area contributed by atoms with Crippen molar-refractivity contribution in [1.82, 2.24) is 14.5 Å². The molecule has 0 fully saturated rings. The summed E-state index contributed by atoms with van der Waals surface area (Å²) < 4.78 is 29.3. The van der Waals surface area contributed by atoms with Gasteiger partial charge < -0.3 is 4.57 Å². The summed E-state index contributed by atoms with van der Waals surface area (Å²) in [6.07, 6.45) is 1.58. The first-order chi connectivity index (χ1) is 10.4. The second-order valence-electron chi connectivity index (χ2n) is 4.89. The van der Waals surface area contributed by atoms with E-state index < -0.39 is 10.0 Å². The molecule has 1 N–H and O–H groups in total. The number of imidazole rings is 1. The van der Waals surface area contributed by atoms with Gasteiger partial charge in [-0.1, -0.05) is 29.8 Å². The van der Waals surface area contributed by atoms with Crippen molar-refractivity contribution in [3.05, 3.63) is 47.4 Å². The summed E-state index contributed by atoms with van der Waals surface area (Å²) in [5, 5.41) is 0.193. The Kier molecular flexibility index (Phi) is 3.54. The highest BCUT2D eigenvalue weighted by molar-refractivity contribution is 7.92. The molecule has 0 saturated heterocycles. The minimum atomic E-state index is -3.76. The van der Waals surface area contributed by atoms with E-state index in [0.29, 0.717) is 16.6 Å². The lowest BCUT2D eigenvalue weighted by atomic mass is 10.2. The third-order valence-corrected chi connectivity index (χ3v) is 4.99. The van der Waals surface area contributed by atoms with Crippen LogP contribution in [-0.4, -0.2) is 23.0 Å². The summed E-state index contributed by atoms with van der Waals surface area (Å²) in [7, 11) is -1.97. The zero-order chi connectivity index (χ0) is 15.9. The number of anilines is 1. The van der Waals surface area contributed by atoms with Crippen LogP contribution in [0.15, 0.2) is 41.6 Å². The number of aromatic nitrogens is 3. The lowest BCUT2D eigenvalue weighted by molar-refractivity contribution is 0.600. The van der Waals surface area contributed by atoms with Gasteiger partial charge in [0.25, 0.3) is 10.0 Å². The van der Waals surface area contributed by atoms with E-state index in [-0.39, 0.29) is 15.9 Å². The predicted octanol–water partition coefficient (Wildman–Crippen LogP) is 2.73. The van der Waals surface area contributed by atoms with Gasteiger partial charge in [0.1, 0.15) is 10.7 Å². The molecule has 8 heteroatoms. The van der Waals surface area contributed by atoms with Crippen LogP contribution in [0.4, 0.5) is 5.82 Å². The number of fused-ring (bicyclic) bond motifs is 1. The van der Waals surface area contributed by atoms with E-state index in [1.54, 1.807) is 49.1 Å². The maximum Gasteiger partial charge on any atom is 0.263 e. The SMILES string of the molecule is Cc1ccccc1S(=O)(=O)Nc1nc(Cl)cc2c1ncn2C. The van der Waals surface area contributed by atoms with Gasteiger partial charge in [-0.05, 0) is 18.6 Å². The number of hydrogen-bond donors (Lipinski definition) is 1. The largest absolute Gasteiger partial charge is 0.334 e. The zero-order valence-corrected chi connectivity index (χ0v) is 13.5. The number of sulfonamides is 1. The monoisotopic (exact) mass is 336 g/mol. The molecule has 3 rings (SSSR count). The highest BCUT2D eigenvalue weighted by Crippen LogP contribution is 2.26. The van der Waals surface area contributed by atoms with Gasteiger partial charge in [-0.2, -0.15) is 0 Å². The molecule has 0 atom stereocenters. The molecule has 0 bridgehead atoms. The molecule has 22 heavy (non-hydrogen) atoms. The highest BCUT2D eigenvalue weighted by Gasteiger charge is 2.20. The summed E-state index contributed by atoms with van der Waals surface area (Å²) in [5.41, 5.74) is 1.79. The molecule has 0 unspecified atom stereocenters. The fourth-order valence-corrected chi connectivity index (χ4v) is 3.65. The Labute approximate surface area is 132 Å². The standard InChI is InChI=1S/C14H13ClN4O2S/c1-9-5-3-4-6-11(9)22(20,21)18-14-13-10(7-12(15)17-14)19(2)8-16-13/h3-8H,1-2H3,(H,17,18). The molecule has 6 nitrogen and oxygen atoms in total. The summed E-state index contributed by atoms with van der Waals surface area (Å²) in [4.78, 5) is 8.42. The van der Waals surface area contributed by atoms with Crippen molar-refractivity contribution in [1.29, 1.82) is 0 Å². The van der Waals surface area contributed by atoms with E-state index >= 15 is 0 Å². The van der Waals surface area contributed by atoms with E-state index in [1.165, 1.54) is 6.07 Å². The van der Waals surface area contributed by atoms with Crippen LogP contribution < -0.4 is 4.72 Å². The average molecular weight is 337 g/mol. The minimum Gasteiger partial charge on any atom is -0.334 e. The minimum absolute atomic E-state index is 0.117. The third kappa shape index (κ3) is 2.53. The first-order valence-electron chi connectivity index (χ1n) is 6.44. The van der Waals surface area contributed by atoms with Gasteiger partial charge in [0.15, 0.2) is 5.82 Å². The van der Waals surface area contributed by atoms with Crippen LogP contribution >= 0.6 is 11.6 Å². The molecule has 0 aliphatic rings. The van der Waals surface area contributed by atoms with Crippen molar-refractivity contribution in [2.75, 3.05) is 4.72 Å². The average Bonchev–Trinajstić information content (AvgIpc) is 2.80. The van der Waals surface area contributed by atoms with Crippen molar-refractivity contribution < 1.29 is 8.42 Å². The number of aryl methyl sites for hydroxylation is 2. The summed E-state index contributed by atoms with van der Waals surface area (Å²) in [6.45, 7) is 1.73. The Morgan fingerprint density at radius 1 is 1.27 bits per heavy atom. The lowest BCUT2D eigenvalue weighted by Gasteiger charge is -2.10. The van der Waals surface area contributed by atoms with Crippen LogP contribution in [0, 0.1) is 6.92 Å². The summed E-state index contributed by atoms with van der Waals surface area (Å²) >= 11 is 5.97. The van der Waals surface area contributed by atoms with Crippen LogP contribution in [0.25, 0.3) is 11.0 Å². The molecule has 1 aromatic carbocycles. The van der Waals surface area contributed by atoms with E-state index in [0.717, 1.165) is 0 Å². The maximum atomic E-state index is 12.6. The van der Waals surface area contributed by atoms with E-state index in [2.05, 4.69) is 14.7 Å². The van der Waals surface area contributed by atoms with E-state index in [4.69, 9.17) is 11.6 Å². The Morgan fingerprint density at radius 3 is 2.73 bits per heavy atom. The second kappa shape index (κ2) is 5.26. The molecule has 0 amide bonds. The van der Waals surface area contributed by atoms with Crippen molar-refractivity contribution in [3.63, 3.8) is 0 Å². The van der Waals surface area contributed by atoms with Gasteiger partial charge in [-0.15, -0.1) is 0 Å². The van der Waals surface area contributed by atoms with E-state index in [1.807, 2.05) is 0 Å². The molecule has 2 aromatic heterocycles. The van der Waals surface area contributed by atoms with Crippen LogP contribution in [0.2, 0.25) is 5.15 Å². The second-order valence-corrected chi connectivity index (χ2v) is 6.93. The number of pyridine rings is 1. The molecule has 0 aliphatic carbocycles. The topological polar surface area (TPSA) is 76.9 Å². The molecule has 0 radical (unpaired) electrons. The first kappa shape index (κ1) is 14.8. The van der Waals surface area contributed by atoms with Gasteiger partial charge in [0.05, 0.1) is 16.7 Å². The summed E-state index contributed by atoms with van der Waals surface area (Å²) in [5.74, 6) is 0.117. The first-order valence-corrected chi connectivity index (χ1v) is 8.30. The van der Waals surface area contributed by atoms with Crippen LogP contribution in [0.1, 0.15) is 5.56 Å². The number of rotatable bonds is 3. The van der Waals surface area contributed by atoms with Crippen molar-refractivity contribution in [2.24, 2.45) is 7.05 Å². The molecular formula is C14H13ClN4O2S. The number of nitrogens with one attached hydrogen (secondary N) is 1.